The highest BCUT2D eigenvalue weighted by Gasteiger charge is 2.19. The number of hydrazine groups is 1. The molecule has 1 heterocycles. The maximum Gasteiger partial charge on any atom is 0.0738 e. The average Bonchev–Trinajstić information content (AvgIpc) is 2.75. The fourth-order valence-corrected chi connectivity index (χ4v) is 3.11. The monoisotopic (exact) mass is 350 g/mol. The molecule has 3 N–H and O–H groups in total. The standard InChI is InChI=1S/C16H23BrN4/c1-5-21-15(16(17)12(4)20-21)9-14(19-18)13-8-6-7-10(2)11(13)3/h6-8,14,19H,5,9,18H2,1-4H3. The Balaban J connectivity index is 2.38. The van der Waals surface area contributed by atoms with E-state index in [1.165, 1.54) is 22.4 Å². The molecule has 0 bridgehead atoms. The molecule has 0 saturated carbocycles. The van der Waals surface area contributed by atoms with Gasteiger partial charge in [0.05, 0.1) is 21.9 Å². The van der Waals surface area contributed by atoms with Crippen LogP contribution in [0.1, 0.15) is 41.0 Å². The lowest BCUT2D eigenvalue weighted by atomic mass is 9.95. The van der Waals surface area contributed by atoms with Gasteiger partial charge in [-0.05, 0) is 60.3 Å². The molecule has 0 amide bonds. The third-order valence-electron chi connectivity index (χ3n) is 4.07. The molecule has 0 aliphatic rings. The molecule has 2 rings (SSSR count). The molecule has 0 fully saturated rings. The zero-order valence-electron chi connectivity index (χ0n) is 13.1. The zero-order valence-corrected chi connectivity index (χ0v) is 14.7. The van der Waals surface area contributed by atoms with Crippen molar-refractivity contribution in [1.82, 2.24) is 15.2 Å². The Labute approximate surface area is 134 Å². The van der Waals surface area contributed by atoms with Crippen LogP contribution in [0.25, 0.3) is 0 Å². The highest BCUT2D eigenvalue weighted by atomic mass is 79.9. The van der Waals surface area contributed by atoms with Crippen LogP contribution in [0.2, 0.25) is 0 Å². The fraction of sp³-hybridized carbons (Fsp3) is 0.438. The number of hydrogen-bond acceptors (Lipinski definition) is 3. The van der Waals surface area contributed by atoms with Crippen molar-refractivity contribution in [3.05, 3.63) is 50.8 Å². The molecule has 1 aromatic carbocycles. The highest BCUT2D eigenvalue weighted by molar-refractivity contribution is 9.10. The fourth-order valence-electron chi connectivity index (χ4n) is 2.67. The van der Waals surface area contributed by atoms with Crippen LogP contribution < -0.4 is 11.3 Å². The van der Waals surface area contributed by atoms with Gasteiger partial charge in [0.15, 0.2) is 0 Å². The van der Waals surface area contributed by atoms with Crippen LogP contribution in [0.15, 0.2) is 22.7 Å². The maximum atomic E-state index is 5.83. The van der Waals surface area contributed by atoms with Crippen LogP contribution in [-0.2, 0) is 13.0 Å². The van der Waals surface area contributed by atoms with Crippen molar-refractivity contribution >= 4 is 15.9 Å². The van der Waals surface area contributed by atoms with E-state index in [1.807, 2.05) is 11.6 Å². The van der Waals surface area contributed by atoms with Gasteiger partial charge in [-0.3, -0.25) is 16.0 Å². The molecule has 21 heavy (non-hydrogen) atoms. The number of aromatic nitrogens is 2. The predicted octanol–water partition coefficient (Wildman–Crippen LogP) is 3.34. The molecule has 1 atom stereocenters. The minimum absolute atomic E-state index is 0.0719. The quantitative estimate of drug-likeness (QED) is 0.642. The first-order chi connectivity index (χ1) is 9.99. The summed E-state index contributed by atoms with van der Waals surface area (Å²) in [6.07, 6.45) is 0.802. The normalized spacial score (nSPS) is 12.7. The second kappa shape index (κ2) is 6.73. The molecule has 4 nitrogen and oxygen atoms in total. The van der Waals surface area contributed by atoms with Gasteiger partial charge in [0.2, 0.25) is 0 Å². The van der Waals surface area contributed by atoms with Crippen LogP contribution in [0.3, 0.4) is 0 Å². The van der Waals surface area contributed by atoms with E-state index in [0.717, 1.165) is 23.1 Å². The number of benzene rings is 1. The lowest BCUT2D eigenvalue weighted by Gasteiger charge is -2.20. The number of nitrogens with one attached hydrogen (secondary N) is 1. The molecular formula is C16H23BrN4. The van der Waals surface area contributed by atoms with Crippen molar-refractivity contribution in [3.8, 4) is 0 Å². The summed E-state index contributed by atoms with van der Waals surface area (Å²) >= 11 is 3.65. The van der Waals surface area contributed by atoms with Crippen LogP contribution in [0.4, 0.5) is 0 Å². The highest BCUT2D eigenvalue weighted by Crippen LogP contribution is 2.28. The van der Waals surface area contributed by atoms with Gasteiger partial charge in [-0.1, -0.05) is 18.2 Å². The maximum absolute atomic E-state index is 5.83. The largest absolute Gasteiger partial charge is 0.271 e. The molecule has 114 valence electrons. The third-order valence-corrected chi connectivity index (χ3v) is 5.10. The zero-order chi connectivity index (χ0) is 15.6. The van der Waals surface area contributed by atoms with Gasteiger partial charge >= 0.3 is 0 Å². The first-order valence-electron chi connectivity index (χ1n) is 7.23. The second-order valence-corrected chi connectivity index (χ2v) is 6.17. The molecular weight excluding hydrogens is 328 g/mol. The summed E-state index contributed by atoms with van der Waals surface area (Å²) in [5, 5.41) is 4.55. The number of nitrogens with two attached hydrogens (primary N) is 1. The SMILES string of the molecule is CCn1nc(C)c(Br)c1CC(NN)c1cccc(C)c1C. The summed E-state index contributed by atoms with van der Waals surface area (Å²) in [5.74, 6) is 5.83. The predicted molar refractivity (Wildman–Crippen MR) is 90.0 cm³/mol. The molecule has 0 spiro atoms. The minimum atomic E-state index is 0.0719. The lowest BCUT2D eigenvalue weighted by molar-refractivity contribution is 0.514. The van der Waals surface area contributed by atoms with Crippen molar-refractivity contribution in [2.45, 2.75) is 46.7 Å². The molecule has 0 aliphatic heterocycles. The second-order valence-electron chi connectivity index (χ2n) is 5.37. The van der Waals surface area contributed by atoms with E-state index in [-0.39, 0.29) is 6.04 Å². The summed E-state index contributed by atoms with van der Waals surface area (Å²) in [4.78, 5) is 0. The minimum Gasteiger partial charge on any atom is -0.271 e. The topological polar surface area (TPSA) is 55.9 Å². The Morgan fingerprint density at radius 1 is 1.33 bits per heavy atom. The smallest absolute Gasteiger partial charge is 0.0738 e. The molecule has 1 unspecified atom stereocenters. The Morgan fingerprint density at radius 2 is 2.05 bits per heavy atom. The summed E-state index contributed by atoms with van der Waals surface area (Å²) in [7, 11) is 0. The Morgan fingerprint density at radius 3 is 2.67 bits per heavy atom. The number of hydrogen-bond donors (Lipinski definition) is 2. The molecule has 0 saturated heterocycles. The molecule has 0 radical (unpaired) electrons. The van der Waals surface area contributed by atoms with E-state index >= 15 is 0 Å². The van der Waals surface area contributed by atoms with Crippen LogP contribution in [-0.4, -0.2) is 9.78 Å². The van der Waals surface area contributed by atoms with Gasteiger partial charge in [0, 0.05) is 13.0 Å². The summed E-state index contributed by atoms with van der Waals surface area (Å²) in [6, 6.07) is 6.42. The molecule has 0 aliphatic carbocycles. The number of halogens is 1. The van der Waals surface area contributed by atoms with Gasteiger partial charge in [0.1, 0.15) is 0 Å². The van der Waals surface area contributed by atoms with Crippen molar-refractivity contribution < 1.29 is 0 Å². The van der Waals surface area contributed by atoms with E-state index in [9.17, 15) is 0 Å². The van der Waals surface area contributed by atoms with Crippen LogP contribution in [0.5, 0.6) is 0 Å². The van der Waals surface area contributed by atoms with Gasteiger partial charge in [0.25, 0.3) is 0 Å². The van der Waals surface area contributed by atoms with Crippen molar-refractivity contribution in [1.29, 1.82) is 0 Å². The molecule has 1 aromatic heterocycles. The summed E-state index contributed by atoms with van der Waals surface area (Å²) in [6.45, 7) is 9.24. The number of rotatable bonds is 5. The molecule has 2 aromatic rings. The number of nitrogens with zero attached hydrogens (tertiary/aromatic N) is 2. The van der Waals surface area contributed by atoms with E-state index in [4.69, 9.17) is 5.84 Å². The van der Waals surface area contributed by atoms with Crippen molar-refractivity contribution in [3.63, 3.8) is 0 Å². The van der Waals surface area contributed by atoms with E-state index in [1.54, 1.807) is 0 Å². The number of aryl methyl sites for hydroxylation is 3. The first kappa shape index (κ1) is 16.2. The van der Waals surface area contributed by atoms with Crippen molar-refractivity contribution in [2.24, 2.45) is 5.84 Å². The Hall–Kier alpha value is -1.17. The first-order valence-corrected chi connectivity index (χ1v) is 8.02. The summed E-state index contributed by atoms with van der Waals surface area (Å²) < 4.78 is 3.12. The van der Waals surface area contributed by atoms with Gasteiger partial charge in [-0.15, -0.1) is 0 Å². The van der Waals surface area contributed by atoms with Gasteiger partial charge in [-0.2, -0.15) is 5.10 Å². The molecule has 5 heteroatoms. The van der Waals surface area contributed by atoms with Crippen LogP contribution in [0, 0.1) is 20.8 Å². The van der Waals surface area contributed by atoms with Gasteiger partial charge < -0.3 is 0 Å². The van der Waals surface area contributed by atoms with Gasteiger partial charge in [-0.25, -0.2) is 0 Å². The lowest BCUT2D eigenvalue weighted by Crippen LogP contribution is -2.31. The van der Waals surface area contributed by atoms with Crippen molar-refractivity contribution in [2.75, 3.05) is 0 Å². The third kappa shape index (κ3) is 3.20. The average molecular weight is 351 g/mol. The van der Waals surface area contributed by atoms with E-state index in [0.29, 0.717) is 0 Å². The van der Waals surface area contributed by atoms with E-state index in [2.05, 4.69) is 65.4 Å². The van der Waals surface area contributed by atoms with E-state index < -0.39 is 0 Å². The van der Waals surface area contributed by atoms with Crippen LogP contribution >= 0.6 is 15.9 Å². The summed E-state index contributed by atoms with van der Waals surface area (Å²) in [5.41, 5.74) is 8.97. The Bertz CT molecular complexity index is 633. The Kier molecular flexibility index (Phi) is 5.19.